The fraction of sp³-hybridized carbons (Fsp3) is 0.552. The molecule has 41 heavy (non-hydrogen) atoms. The second-order valence-corrected chi connectivity index (χ2v) is 11.4. The maximum absolute atomic E-state index is 13.9. The Morgan fingerprint density at radius 1 is 1.17 bits per heavy atom. The van der Waals surface area contributed by atoms with Gasteiger partial charge in [0.1, 0.15) is 11.3 Å². The number of pyridine rings is 1. The third-order valence-electron chi connectivity index (χ3n) is 7.66. The first-order valence-corrected chi connectivity index (χ1v) is 13.7. The maximum Gasteiger partial charge on any atom is 0.421 e. The van der Waals surface area contributed by atoms with Crippen LogP contribution >= 0.6 is 0 Å². The van der Waals surface area contributed by atoms with Crippen LogP contribution in [0.3, 0.4) is 0 Å². The third kappa shape index (κ3) is 7.33. The van der Waals surface area contributed by atoms with Crippen LogP contribution in [0.1, 0.15) is 74.4 Å². The SMILES string of the molecule is CC(C)N(c1ccc(Oc2ncc(CN3CCC(F)(F)C3)cc2C(F)(F)F)cc1C(=O)O)C(=O)[C@H]1CC[C@H](C)CC1. The van der Waals surface area contributed by atoms with Crippen molar-refractivity contribution in [1.29, 1.82) is 0 Å². The number of ether oxygens (including phenoxy) is 1. The van der Waals surface area contributed by atoms with E-state index in [1.165, 1.54) is 21.9 Å². The number of likely N-dealkylation sites (tertiary alicyclic amines) is 1. The lowest BCUT2D eigenvalue weighted by Crippen LogP contribution is -2.42. The number of aromatic carboxylic acids is 1. The van der Waals surface area contributed by atoms with Gasteiger partial charge in [0.05, 0.1) is 17.8 Å². The van der Waals surface area contributed by atoms with Gasteiger partial charge < -0.3 is 14.7 Å². The quantitative estimate of drug-likeness (QED) is 0.337. The standard InChI is InChI=1S/C29H34F5N3O4/c1-17(2)37(26(38)20-6-4-18(3)5-7-20)24-9-8-21(13-22(24)27(39)40)41-25-23(29(32,33)34)12-19(14-35-25)15-36-11-10-28(30,31)16-36/h8-9,12-14,17-18,20H,4-7,10-11,15-16H2,1-3H3,(H,39,40)/t18-,20-. The molecule has 1 saturated carbocycles. The van der Waals surface area contributed by atoms with Gasteiger partial charge in [-0.05, 0) is 75.3 Å². The number of hydrogen-bond donors (Lipinski definition) is 1. The number of rotatable bonds is 8. The minimum absolute atomic E-state index is 0.0483. The highest BCUT2D eigenvalue weighted by Crippen LogP contribution is 2.39. The summed E-state index contributed by atoms with van der Waals surface area (Å²) in [6.45, 7) is 5.03. The molecule has 2 aliphatic rings. The molecule has 2 heterocycles. The number of carbonyl (C=O) groups is 2. The summed E-state index contributed by atoms with van der Waals surface area (Å²) in [6, 6.07) is 4.17. The Morgan fingerprint density at radius 2 is 1.85 bits per heavy atom. The van der Waals surface area contributed by atoms with Gasteiger partial charge in [0.15, 0.2) is 0 Å². The van der Waals surface area contributed by atoms with E-state index >= 15 is 0 Å². The number of halogens is 5. The molecular weight excluding hydrogens is 549 g/mol. The van der Waals surface area contributed by atoms with Gasteiger partial charge in [0.25, 0.3) is 5.92 Å². The molecule has 0 bridgehead atoms. The summed E-state index contributed by atoms with van der Waals surface area (Å²) in [7, 11) is 0. The molecule has 0 atom stereocenters. The number of alkyl halides is 5. The zero-order valence-electron chi connectivity index (χ0n) is 23.2. The largest absolute Gasteiger partial charge is 0.478 e. The molecule has 2 fully saturated rings. The number of benzene rings is 1. The van der Waals surface area contributed by atoms with Gasteiger partial charge in [0, 0.05) is 37.7 Å². The Balaban J connectivity index is 1.61. The summed E-state index contributed by atoms with van der Waals surface area (Å²) < 4.78 is 74.3. The van der Waals surface area contributed by atoms with E-state index in [4.69, 9.17) is 4.74 Å². The number of anilines is 1. The van der Waals surface area contributed by atoms with Crippen LogP contribution in [-0.4, -0.2) is 51.9 Å². The number of carboxylic acid groups (broad SMARTS) is 1. The van der Waals surface area contributed by atoms with Crippen LogP contribution in [0.25, 0.3) is 0 Å². The van der Waals surface area contributed by atoms with Crippen molar-refractivity contribution in [2.75, 3.05) is 18.0 Å². The molecule has 12 heteroatoms. The Morgan fingerprint density at radius 3 is 2.41 bits per heavy atom. The van der Waals surface area contributed by atoms with Crippen LogP contribution in [0.2, 0.25) is 0 Å². The average molecular weight is 584 g/mol. The molecule has 7 nitrogen and oxygen atoms in total. The molecule has 1 aromatic carbocycles. The Kier molecular flexibility index (Phi) is 8.91. The summed E-state index contributed by atoms with van der Waals surface area (Å²) in [5.74, 6) is -5.17. The van der Waals surface area contributed by atoms with Crippen LogP contribution in [0.4, 0.5) is 27.6 Å². The number of nitrogens with zero attached hydrogens (tertiary/aromatic N) is 3. The van der Waals surface area contributed by atoms with Gasteiger partial charge in [-0.1, -0.05) is 6.92 Å². The molecule has 1 aromatic heterocycles. The molecule has 1 amide bonds. The van der Waals surface area contributed by atoms with Crippen LogP contribution in [0, 0.1) is 11.8 Å². The van der Waals surface area contributed by atoms with Crippen LogP contribution in [-0.2, 0) is 17.5 Å². The van der Waals surface area contributed by atoms with Crippen LogP contribution in [0.15, 0.2) is 30.5 Å². The molecular formula is C29H34F5N3O4. The molecule has 1 aliphatic heterocycles. The fourth-order valence-corrected chi connectivity index (χ4v) is 5.49. The molecule has 1 N–H and O–H groups in total. The van der Waals surface area contributed by atoms with Crippen molar-refractivity contribution in [2.24, 2.45) is 11.8 Å². The van der Waals surface area contributed by atoms with Gasteiger partial charge in [-0.3, -0.25) is 9.69 Å². The van der Waals surface area contributed by atoms with E-state index in [1.54, 1.807) is 13.8 Å². The highest BCUT2D eigenvalue weighted by molar-refractivity contribution is 6.03. The zero-order chi connectivity index (χ0) is 30.1. The first kappa shape index (κ1) is 30.7. The highest BCUT2D eigenvalue weighted by atomic mass is 19.4. The summed E-state index contributed by atoms with van der Waals surface area (Å²) in [5, 5.41) is 9.96. The first-order chi connectivity index (χ1) is 19.1. The van der Waals surface area contributed by atoms with Gasteiger partial charge in [-0.25, -0.2) is 18.6 Å². The molecule has 224 valence electrons. The second kappa shape index (κ2) is 11.9. The van der Waals surface area contributed by atoms with Gasteiger partial charge >= 0.3 is 12.1 Å². The molecule has 4 rings (SSSR count). The van der Waals surface area contributed by atoms with Crippen molar-refractivity contribution >= 4 is 17.6 Å². The van der Waals surface area contributed by atoms with E-state index in [1.807, 2.05) is 0 Å². The maximum atomic E-state index is 13.9. The van der Waals surface area contributed by atoms with Gasteiger partial charge in [0.2, 0.25) is 11.8 Å². The highest BCUT2D eigenvalue weighted by Gasteiger charge is 2.39. The third-order valence-corrected chi connectivity index (χ3v) is 7.66. The number of carboxylic acids is 1. The van der Waals surface area contributed by atoms with E-state index in [2.05, 4.69) is 11.9 Å². The molecule has 1 saturated heterocycles. The van der Waals surface area contributed by atoms with E-state index in [0.717, 1.165) is 31.2 Å². The van der Waals surface area contributed by atoms with Crippen molar-refractivity contribution in [3.63, 3.8) is 0 Å². The number of amides is 1. The first-order valence-electron chi connectivity index (χ1n) is 13.7. The van der Waals surface area contributed by atoms with Crippen molar-refractivity contribution < 1.29 is 41.4 Å². The van der Waals surface area contributed by atoms with E-state index in [-0.39, 0.29) is 59.9 Å². The zero-order valence-corrected chi connectivity index (χ0v) is 23.2. The van der Waals surface area contributed by atoms with Crippen LogP contribution in [0.5, 0.6) is 11.6 Å². The summed E-state index contributed by atoms with van der Waals surface area (Å²) in [5.41, 5.74) is -1.29. The second-order valence-electron chi connectivity index (χ2n) is 11.4. The smallest absolute Gasteiger partial charge is 0.421 e. The normalized spacial score (nSPS) is 21.2. The number of aromatic nitrogens is 1. The topological polar surface area (TPSA) is 83.0 Å². The fourth-order valence-electron chi connectivity index (χ4n) is 5.49. The predicted octanol–water partition coefficient (Wildman–Crippen LogP) is 7.00. The van der Waals surface area contributed by atoms with Gasteiger partial charge in [-0.2, -0.15) is 13.2 Å². The lowest BCUT2D eigenvalue weighted by atomic mass is 9.82. The number of carbonyl (C=O) groups excluding carboxylic acids is 1. The Labute approximate surface area is 235 Å². The predicted molar refractivity (Wildman–Crippen MR) is 141 cm³/mol. The van der Waals surface area contributed by atoms with E-state index in [9.17, 15) is 36.6 Å². The van der Waals surface area contributed by atoms with Crippen LogP contribution < -0.4 is 9.64 Å². The van der Waals surface area contributed by atoms with Crippen molar-refractivity contribution in [2.45, 2.75) is 77.6 Å². The molecule has 0 radical (unpaired) electrons. The summed E-state index contributed by atoms with van der Waals surface area (Å²) in [6.07, 6.45) is -0.907. The molecule has 0 unspecified atom stereocenters. The minimum Gasteiger partial charge on any atom is -0.478 e. The molecule has 1 aliphatic carbocycles. The average Bonchev–Trinajstić information content (AvgIpc) is 3.23. The summed E-state index contributed by atoms with van der Waals surface area (Å²) >= 11 is 0. The lowest BCUT2D eigenvalue weighted by molar-refractivity contribution is -0.139. The van der Waals surface area contributed by atoms with E-state index < -0.39 is 36.1 Å². The monoisotopic (exact) mass is 583 g/mol. The summed E-state index contributed by atoms with van der Waals surface area (Å²) in [4.78, 5) is 32.3. The van der Waals surface area contributed by atoms with Crippen molar-refractivity contribution in [3.8, 4) is 11.6 Å². The Hall–Kier alpha value is -3.28. The van der Waals surface area contributed by atoms with Crippen molar-refractivity contribution in [1.82, 2.24) is 9.88 Å². The number of hydrogen-bond acceptors (Lipinski definition) is 5. The van der Waals surface area contributed by atoms with E-state index in [0.29, 0.717) is 18.8 Å². The Bertz CT molecular complexity index is 1280. The molecule has 0 spiro atoms. The van der Waals surface area contributed by atoms with Gasteiger partial charge in [-0.15, -0.1) is 0 Å². The van der Waals surface area contributed by atoms with Crippen molar-refractivity contribution in [3.05, 3.63) is 47.2 Å². The molecule has 2 aromatic rings. The minimum atomic E-state index is -4.87. The lowest BCUT2D eigenvalue weighted by Gasteiger charge is -2.34.